The van der Waals surface area contributed by atoms with Crippen LogP contribution in [0, 0.1) is 0 Å². The number of nitrogens with one attached hydrogen (secondary N) is 1. The summed E-state index contributed by atoms with van der Waals surface area (Å²) in [6.45, 7) is 0. The van der Waals surface area contributed by atoms with Gasteiger partial charge in [-0.3, -0.25) is 4.68 Å². The van der Waals surface area contributed by atoms with Crippen LogP contribution >= 0.6 is 0 Å². The van der Waals surface area contributed by atoms with E-state index in [1.54, 1.807) is 16.9 Å². The number of carbonyl (C=O) groups excluding carboxylic acids is 1. The molecule has 0 aliphatic carbocycles. The molecule has 7 nitrogen and oxygen atoms in total. The number of aromatic nitrogens is 4. The van der Waals surface area contributed by atoms with Gasteiger partial charge < -0.3 is 10.1 Å². The van der Waals surface area contributed by atoms with Gasteiger partial charge in [0.1, 0.15) is 5.82 Å². The fourth-order valence-corrected chi connectivity index (χ4v) is 1.22. The quantitative estimate of drug-likeness (QED) is 0.787. The molecule has 2 heterocycles. The monoisotopic (exact) mass is 233 g/mol. The van der Waals surface area contributed by atoms with Gasteiger partial charge in [-0.2, -0.15) is 5.10 Å². The largest absolute Gasteiger partial charge is 0.464 e. The maximum absolute atomic E-state index is 11.1. The van der Waals surface area contributed by atoms with E-state index < -0.39 is 5.97 Å². The van der Waals surface area contributed by atoms with E-state index >= 15 is 0 Å². The Morgan fingerprint density at radius 2 is 2.18 bits per heavy atom. The van der Waals surface area contributed by atoms with E-state index in [-0.39, 0.29) is 5.69 Å². The second kappa shape index (κ2) is 4.60. The number of carbonyl (C=O) groups is 1. The molecule has 1 N–H and O–H groups in total. The van der Waals surface area contributed by atoms with Crippen LogP contribution in [0.4, 0.5) is 11.6 Å². The van der Waals surface area contributed by atoms with Gasteiger partial charge in [0.15, 0.2) is 11.5 Å². The third-order valence-corrected chi connectivity index (χ3v) is 2.02. The van der Waals surface area contributed by atoms with Crippen LogP contribution in [0.5, 0.6) is 0 Å². The van der Waals surface area contributed by atoms with E-state index in [2.05, 4.69) is 25.1 Å². The number of esters is 1. The first-order chi connectivity index (χ1) is 8.19. The zero-order valence-electron chi connectivity index (χ0n) is 9.41. The lowest BCUT2D eigenvalue weighted by atomic mass is 10.4. The fourth-order valence-electron chi connectivity index (χ4n) is 1.22. The van der Waals surface area contributed by atoms with Crippen LogP contribution in [0.15, 0.2) is 24.7 Å². The van der Waals surface area contributed by atoms with E-state index in [0.717, 1.165) is 0 Å². The Bertz CT molecular complexity index is 520. The van der Waals surface area contributed by atoms with E-state index in [0.29, 0.717) is 11.6 Å². The standard InChI is InChI=1S/C10H11N5O2/c1-15-4-3-8(14-15)13-9-6-11-7(5-12-9)10(16)17-2/h3-6H,1-2H3,(H,12,13,14). The van der Waals surface area contributed by atoms with Gasteiger partial charge in [0.05, 0.1) is 19.5 Å². The molecular weight excluding hydrogens is 222 g/mol. The Labute approximate surface area is 97.5 Å². The van der Waals surface area contributed by atoms with E-state index in [1.165, 1.54) is 19.5 Å². The molecule has 0 aromatic carbocycles. The number of aryl methyl sites for hydroxylation is 1. The Hall–Kier alpha value is -2.44. The minimum absolute atomic E-state index is 0.166. The van der Waals surface area contributed by atoms with Gasteiger partial charge in [0.25, 0.3) is 0 Å². The van der Waals surface area contributed by atoms with Crippen LogP contribution in [0.1, 0.15) is 10.5 Å². The van der Waals surface area contributed by atoms with Crippen LogP contribution in [0.25, 0.3) is 0 Å². The molecule has 0 saturated carbocycles. The zero-order chi connectivity index (χ0) is 12.3. The summed E-state index contributed by atoms with van der Waals surface area (Å²) < 4.78 is 6.19. The SMILES string of the molecule is COC(=O)c1cnc(Nc2ccn(C)n2)cn1. The lowest BCUT2D eigenvalue weighted by Crippen LogP contribution is -2.05. The van der Waals surface area contributed by atoms with Gasteiger partial charge >= 0.3 is 5.97 Å². The molecule has 0 spiro atoms. The molecule has 7 heteroatoms. The summed E-state index contributed by atoms with van der Waals surface area (Å²) in [6.07, 6.45) is 4.59. The first-order valence-electron chi connectivity index (χ1n) is 4.86. The summed E-state index contributed by atoms with van der Waals surface area (Å²) >= 11 is 0. The molecular formula is C10H11N5O2. The molecule has 0 aliphatic rings. The van der Waals surface area contributed by atoms with Crippen molar-refractivity contribution in [3.63, 3.8) is 0 Å². The number of hydrogen-bond donors (Lipinski definition) is 1. The number of ether oxygens (including phenoxy) is 1. The molecule has 17 heavy (non-hydrogen) atoms. The lowest BCUT2D eigenvalue weighted by Gasteiger charge is -2.02. The van der Waals surface area contributed by atoms with Crippen LogP contribution in [0.2, 0.25) is 0 Å². The summed E-state index contributed by atoms with van der Waals surface area (Å²) in [6, 6.07) is 1.80. The Morgan fingerprint density at radius 3 is 2.71 bits per heavy atom. The second-order valence-corrected chi connectivity index (χ2v) is 3.28. The fraction of sp³-hybridized carbons (Fsp3) is 0.200. The Kier molecular flexibility index (Phi) is 2.99. The molecule has 0 aliphatic heterocycles. The summed E-state index contributed by atoms with van der Waals surface area (Å²) in [5, 5.41) is 7.08. The van der Waals surface area contributed by atoms with Gasteiger partial charge in [0.2, 0.25) is 0 Å². The average molecular weight is 233 g/mol. The van der Waals surface area contributed by atoms with Gasteiger partial charge in [-0.05, 0) is 0 Å². The maximum atomic E-state index is 11.1. The summed E-state index contributed by atoms with van der Waals surface area (Å²) in [5.74, 6) is 0.658. The van der Waals surface area contributed by atoms with E-state index in [1.807, 2.05) is 7.05 Å². The summed E-state index contributed by atoms with van der Waals surface area (Å²) in [7, 11) is 3.11. The topological polar surface area (TPSA) is 81.9 Å². The van der Waals surface area contributed by atoms with Crippen molar-refractivity contribution in [2.45, 2.75) is 0 Å². The number of hydrogen-bond acceptors (Lipinski definition) is 6. The normalized spacial score (nSPS) is 10.0. The van der Waals surface area contributed by atoms with Gasteiger partial charge in [0, 0.05) is 19.3 Å². The molecule has 0 bridgehead atoms. The van der Waals surface area contributed by atoms with Crippen molar-refractivity contribution in [1.29, 1.82) is 0 Å². The van der Waals surface area contributed by atoms with Crippen LogP contribution in [-0.2, 0) is 11.8 Å². The number of anilines is 2. The third kappa shape index (κ3) is 2.57. The molecule has 2 aromatic heterocycles. The average Bonchev–Trinajstić information content (AvgIpc) is 2.75. The molecule has 2 rings (SSSR count). The molecule has 88 valence electrons. The van der Waals surface area contributed by atoms with Gasteiger partial charge in [-0.1, -0.05) is 0 Å². The minimum atomic E-state index is -0.512. The first kappa shape index (κ1) is 11.1. The lowest BCUT2D eigenvalue weighted by molar-refractivity contribution is 0.0593. The van der Waals surface area contributed by atoms with Crippen molar-refractivity contribution in [2.75, 3.05) is 12.4 Å². The van der Waals surface area contributed by atoms with Gasteiger partial charge in [-0.25, -0.2) is 14.8 Å². The maximum Gasteiger partial charge on any atom is 0.358 e. The molecule has 2 aromatic rings. The minimum Gasteiger partial charge on any atom is -0.464 e. The van der Waals surface area contributed by atoms with Crippen molar-refractivity contribution >= 4 is 17.6 Å². The van der Waals surface area contributed by atoms with Crippen LogP contribution in [0.3, 0.4) is 0 Å². The molecule has 0 radical (unpaired) electrons. The van der Waals surface area contributed by atoms with E-state index in [4.69, 9.17) is 0 Å². The number of rotatable bonds is 3. The highest BCUT2D eigenvalue weighted by Gasteiger charge is 2.07. The van der Waals surface area contributed by atoms with Crippen molar-refractivity contribution in [3.05, 3.63) is 30.4 Å². The van der Waals surface area contributed by atoms with Crippen molar-refractivity contribution in [1.82, 2.24) is 19.7 Å². The number of methoxy groups -OCH3 is 1. The highest BCUT2D eigenvalue weighted by Crippen LogP contribution is 2.10. The Balaban J connectivity index is 2.10. The van der Waals surface area contributed by atoms with Crippen molar-refractivity contribution < 1.29 is 9.53 Å². The first-order valence-corrected chi connectivity index (χ1v) is 4.86. The molecule has 0 fully saturated rings. The molecule has 0 unspecified atom stereocenters. The van der Waals surface area contributed by atoms with Crippen LogP contribution in [-0.4, -0.2) is 32.8 Å². The zero-order valence-corrected chi connectivity index (χ0v) is 9.41. The highest BCUT2D eigenvalue weighted by molar-refractivity contribution is 5.86. The van der Waals surface area contributed by atoms with Crippen molar-refractivity contribution in [2.24, 2.45) is 7.05 Å². The Morgan fingerprint density at radius 1 is 1.35 bits per heavy atom. The van der Waals surface area contributed by atoms with Crippen molar-refractivity contribution in [3.8, 4) is 0 Å². The smallest absolute Gasteiger partial charge is 0.358 e. The second-order valence-electron chi connectivity index (χ2n) is 3.28. The highest BCUT2D eigenvalue weighted by atomic mass is 16.5. The predicted octanol–water partition coefficient (Wildman–Crippen LogP) is 0.740. The molecule has 0 atom stereocenters. The van der Waals surface area contributed by atoms with Gasteiger partial charge in [-0.15, -0.1) is 0 Å². The molecule has 0 amide bonds. The third-order valence-electron chi connectivity index (χ3n) is 2.02. The number of nitrogens with zero attached hydrogens (tertiary/aromatic N) is 4. The van der Waals surface area contributed by atoms with Crippen LogP contribution < -0.4 is 5.32 Å². The summed E-state index contributed by atoms with van der Waals surface area (Å²) in [4.78, 5) is 19.1. The summed E-state index contributed by atoms with van der Waals surface area (Å²) in [5.41, 5.74) is 0.166. The molecule has 0 saturated heterocycles. The predicted molar refractivity (Wildman–Crippen MR) is 59.9 cm³/mol. The van der Waals surface area contributed by atoms with E-state index in [9.17, 15) is 4.79 Å².